The topological polar surface area (TPSA) is 16.1 Å². The monoisotopic (exact) mass is 218 g/mol. The van der Waals surface area contributed by atoms with Crippen molar-refractivity contribution in [3.8, 4) is 0 Å². The van der Waals surface area contributed by atoms with E-state index in [0.29, 0.717) is 13.0 Å². The molecule has 1 fully saturated rings. The highest BCUT2D eigenvalue weighted by Crippen LogP contribution is 2.24. The smallest absolute Gasteiger partial charge is 0.242 e. The Hall–Kier alpha value is -0.550. The molecular formula is C9H12F2N2S. The van der Waals surface area contributed by atoms with Crippen molar-refractivity contribution in [3.05, 3.63) is 16.6 Å². The largest absolute Gasteiger partial charge is 0.298 e. The summed E-state index contributed by atoms with van der Waals surface area (Å²) in [4.78, 5) is 7.19. The van der Waals surface area contributed by atoms with E-state index in [1.54, 1.807) is 23.0 Å². The van der Waals surface area contributed by atoms with Gasteiger partial charge < -0.3 is 0 Å². The molecule has 0 aliphatic carbocycles. The van der Waals surface area contributed by atoms with Crippen molar-refractivity contribution in [2.45, 2.75) is 19.4 Å². The predicted octanol–water partition coefficient (Wildman–Crippen LogP) is 2.23. The van der Waals surface area contributed by atoms with Gasteiger partial charge in [-0.2, -0.15) is 0 Å². The summed E-state index contributed by atoms with van der Waals surface area (Å²) >= 11 is 1.58. The predicted molar refractivity (Wildman–Crippen MR) is 51.5 cm³/mol. The summed E-state index contributed by atoms with van der Waals surface area (Å²) < 4.78 is 24.7. The lowest BCUT2D eigenvalue weighted by Gasteiger charge is -2.13. The molecule has 0 bridgehead atoms. The maximum atomic E-state index is 12.4. The fourth-order valence-electron chi connectivity index (χ4n) is 1.75. The molecule has 0 amide bonds. The molecule has 2 rings (SSSR count). The Labute approximate surface area is 85.6 Å². The average molecular weight is 218 g/mol. The lowest BCUT2D eigenvalue weighted by Crippen LogP contribution is -2.21. The summed E-state index contributed by atoms with van der Waals surface area (Å²) in [5, 5.41) is 0. The fourth-order valence-corrected chi connectivity index (χ4v) is 2.39. The lowest BCUT2D eigenvalue weighted by molar-refractivity contribution is 0.0803. The Kier molecular flexibility index (Phi) is 3.08. The molecule has 1 saturated heterocycles. The number of thiazole rings is 1. The molecule has 0 aromatic carbocycles. The van der Waals surface area contributed by atoms with Crippen LogP contribution in [0.1, 0.15) is 11.3 Å². The molecular weight excluding hydrogens is 206 g/mol. The first-order valence-electron chi connectivity index (χ1n) is 4.63. The third-order valence-corrected chi connectivity index (χ3v) is 3.29. The summed E-state index contributed by atoms with van der Waals surface area (Å²) in [6.07, 6.45) is 0.262. The SMILES string of the molecule is FC(F)C1CCN(Cc2cncs2)C1. The summed E-state index contributed by atoms with van der Waals surface area (Å²) in [7, 11) is 0. The van der Waals surface area contributed by atoms with E-state index in [9.17, 15) is 8.78 Å². The van der Waals surface area contributed by atoms with Crippen LogP contribution in [0.15, 0.2) is 11.7 Å². The normalized spacial score (nSPS) is 23.5. The fraction of sp³-hybridized carbons (Fsp3) is 0.667. The first kappa shape index (κ1) is 9.98. The van der Waals surface area contributed by atoms with E-state index < -0.39 is 12.3 Å². The van der Waals surface area contributed by atoms with Crippen LogP contribution in [0.25, 0.3) is 0 Å². The lowest BCUT2D eigenvalue weighted by atomic mass is 10.1. The quantitative estimate of drug-likeness (QED) is 0.773. The second-order valence-corrected chi connectivity index (χ2v) is 4.56. The van der Waals surface area contributed by atoms with Crippen molar-refractivity contribution < 1.29 is 8.78 Å². The second kappa shape index (κ2) is 4.31. The highest BCUT2D eigenvalue weighted by molar-refractivity contribution is 7.09. The zero-order valence-corrected chi connectivity index (χ0v) is 8.51. The standard InChI is InChI=1S/C9H12F2N2S/c10-9(11)7-1-2-13(4-7)5-8-3-12-6-14-8/h3,6-7,9H,1-2,4-5H2. The Morgan fingerprint density at radius 3 is 3.07 bits per heavy atom. The van der Waals surface area contributed by atoms with Gasteiger partial charge in [-0.25, -0.2) is 8.78 Å². The molecule has 1 unspecified atom stereocenters. The van der Waals surface area contributed by atoms with E-state index in [0.717, 1.165) is 18.0 Å². The Morgan fingerprint density at radius 1 is 1.64 bits per heavy atom. The van der Waals surface area contributed by atoms with Crippen molar-refractivity contribution >= 4 is 11.3 Å². The number of halogens is 2. The van der Waals surface area contributed by atoms with Crippen LogP contribution in [-0.2, 0) is 6.54 Å². The zero-order chi connectivity index (χ0) is 9.97. The molecule has 78 valence electrons. The van der Waals surface area contributed by atoms with Crippen LogP contribution in [0.3, 0.4) is 0 Å². The second-order valence-electron chi connectivity index (χ2n) is 3.59. The molecule has 1 aliphatic rings. The van der Waals surface area contributed by atoms with Gasteiger partial charge >= 0.3 is 0 Å². The molecule has 5 heteroatoms. The molecule has 1 aliphatic heterocycles. The van der Waals surface area contributed by atoms with Gasteiger partial charge in [-0.1, -0.05) is 0 Å². The average Bonchev–Trinajstić information content (AvgIpc) is 2.75. The van der Waals surface area contributed by atoms with Gasteiger partial charge in [0.05, 0.1) is 5.51 Å². The number of hydrogen-bond acceptors (Lipinski definition) is 3. The van der Waals surface area contributed by atoms with Crippen LogP contribution in [0, 0.1) is 5.92 Å². The van der Waals surface area contributed by atoms with Gasteiger partial charge in [-0.15, -0.1) is 11.3 Å². The highest BCUT2D eigenvalue weighted by atomic mass is 32.1. The molecule has 1 aromatic rings. The van der Waals surface area contributed by atoms with Gasteiger partial charge in [-0.05, 0) is 13.0 Å². The Morgan fingerprint density at radius 2 is 2.50 bits per heavy atom. The van der Waals surface area contributed by atoms with Crippen LogP contribution in [0.4, 0.5) is 8.78 Å². The minimum absolute atomic E-state index is 0.428. The third kappa shape index (κ3) is 2.27. The maximum absolute atomic E-state index is 12.4. The van der Waals surface area contributed by atoms with E-state index in [1.807, 2.05) is 0 Å². The van der Waals surface area contributed by atoms with Crippen molar-refractivity contribution in [2.24, 2.45) is 5.92 Å². The van der Waals surface area contributed by atoms with E-state index in [1.165, 1.54) is 0 Å². The first-order valence-corrected chi connectivity index (χ1v) is 5.51. The van der Waals surface area contributed by atoms with Gasteiger partial charge in [-0.3, -0.25) is 9.88 Å². The van der Waals surface area contributed by atoms with E-state index in [4.69, 9.17) is 0 Å². The summed E-state index contributed by atoms with van der Waals surface area (Å²) in [5.74, 6) is -0.428. The number of alkyl halides is 2. The first-order chi connectivity index (χ1) is 6.75. The van der Waals surface area contributed by atoms with Gasteiger partial charge in [0.2, 0.25) is 6.43 Å². The minimum atomic E-state index is -2.17. The summed E-state index contributed by atoms with van der Waals surface area (Å²) in [5.41, 5.74) is 1.77. The molecule has 1 aromatic heterocycles. The minimum Gasteiger partial charge on any atom is -0.298 e. The van der Waals surface area contributed by atoms with Crippen LogP contribution >= 0.6 is 11.3 Å². The van der Waals surface area contributed by atoms with Crippen molar-refractivity contribution in [2.75, 3.05) is 13.1 Å². The number of hydrogen-bond donors (Lipinski definition) is 0. The highest BCUT2D eigenvalue weighted by Gasteiger charge is 2.29. The Balaban J connectivity index is 1.84. The van der Waals surface area contributed by atoms with Crippen LogP contribution in [0.2, 0.25) is 0 Å². The van der Waals surface area contributed by atoms with Gasteiger partial charge in [0.25, 0.3) is 0 Å². The maximum Gasteiger partial charge on any atom is 0.242 e. The molecule has 2 heterocycles. The number of aromatic nitrogens is 1. The van der Waals surface area contributed by atoms with Crippen molar-refractivity contribution in [3.63, 3.8) is 0 Å². The molecule has 1 atom stereocenters. The van der Waals surface area contributed by atoms with Crippen LogP contribution < -0.4 is 0 Å². The van der Waals surface area contributed by atoms with Crippen molar-refractivity contribution in [1.29, 1.82) is 0 Å². The van der Waals surface area contributed by atoms with Crippen LogP contribution in [0.5, 0.6) is 0 Å². The third-order valence-electron chi connectivity index (χ3n) is 2.53. The molecule has 2 nitrogen and oxygen atoms in total. The Bertz CT molecular complexity index is 276. The van der Waals surface area contributed by atoms with E-state index >= 15 is 0 Å². The summed E-state index contributed by atoms with van der Waals surface area (Å²) in [6.45, 7) is 2.08. The summed E-state index contributed by atoms with van der Waals surface area (Å²) in [6, 6.07) is 0. The number of rotatable bonds is 3. The van der Waals surface area contributed by atoms with Crippen LogP contribution in [-0.4, -0.2) is 29.4 Å². The van der Waals surface area contributed by atoms with Gasteiger partial charge in [0, 0.05) is 30.1 Å². The molecule has 0 spiro atoms. The number of likely N-dealkylation sites (tertiary alicyclic amines) is 1. The van der Waals surface area contributed by atoms with E-state index in [2.05, 4.69) is 9.88 Å². The van der Waals surface area contributed by atoms with Gasteiger partial charge in [0.15, 0.2) is 0 Å². The molecule has 0 saturated carbocycles. The molecule has 14 heavy (non-hydrogen) atoms. The number of nitrogens with zero attached hydrogens (tertiary/aromatic N) is 2. The van der Waals surface area contributed by atoms with E-state index in [-0.39, 0.29) is 0 Å². The molecule has 0 N–H and O–H groups in total. The molecule has 0 radical (unpaired) electrons. The zero-order valence-electron chi connectivity index (χ0n) is 7.70. The van der Waals surface area contributed by atoms with Crippen molar-refractivity contribution in [1.82, 2.24) is 9.88 Å². The van der Waals surface area contributed by atoms with Gasteiger partial charge in [0.1, 0.15) is 0 Å².